The van der Waals surface area contributed by atoms with Crippen molar-refractivity contribution in [1.29, 1.82) is 0 Å². The first-order valence-electron chi connectivity index (χ1n) is 8.65. The summed E-state index contributed by atoms with van der Waals surface area (Å²) in [7, 11) is 1.63. The summed E-state index contributed by atoms with van der Waals surface area (Å²) in [5.74, 6) is 1.62. The maximum Gasteiger partial charge on any atom is 0.247 e. The van der Waals surface area contributed by atoms with Gasteiger partial charge in [-0.1, -0.05) is 29.3 Å². The number of hydrogen-bond acceptors (Lipinski definition) is 6. The van der Waals surface area contributed by atoms with Gasteiger partial charge in [-0.3, -0.25) is 0 Å². The standard InChI is InChI=1S/C20H22ClN3O3/c1-13-4-6-15(7-5-13)20-24-23-19(27-20)14(2)22-16-8-9-18(17(21)12-16)26-11-10-25-3/h4-9,12,14,22H,10-11H2,1-3H3/t14-/m0/s1. The quantitative estimate of drug-likeness (QED) is 0.554. The zero-order valence-corrected chi connectivity index (χ0v) is 16.3. The number of hydrogen-bond donors (Lipinski definition) is 1. The third-order valence-corrected chi connectivity index (χ3v) is 4.27. The number of halogens is 1. The molecule has 3 aromatic rings. The monoisotopic (exact) mass is 387 g/mol. The van der Waals surface area contributed by atoms with Crippen molar-refractivity contribution >= 4 is 17.3 Å². The molecule has 3 rings (SSSR count). The van der Waals surface area contributed by atoms with E-state index in [2.05, 4.69) is 15.5 Å². The number of nitrogens with one attached hydrogen (secondary N) is 1. The molecule has 142 valence electrons. The first kappa shape index (κ1) is 19.2. The minimum absolute atomic E-state index is 0.173. The van der Waals surface area contributed by atoms with Crippen LogP contribution >= 0.6 is 11.6 Å². The maximum absolute atomic E-state index is 6.28. The van der Waals surface area contributed by atoms with Gasteiger partial charge in [-0.2, -0.15) is 0 Å². The van der Waals surface area contributed by atoms with Gasteiger partial charge in [0.15, 0.2) is 0 Å². The lowest BCUT2D eigenvalue weighted by Gasteiger charge is -2.13. The van der Waals surface area contributed by atoms with E-state index in [1.165, 1.54) is 5.56 Å². The number of aryl methyl sites for hydroxylation is 1. The van der Waals surface area contributed by atoms with E-state index in [4.69, 9.17) is 25.5 Å². The van der Waals surface area contributed by atoms with Gasteiger partial charge in [-0.05, 0) is 44.2 Å². The summed E-state index contributed by atoms with van der Waals surface area (Å²) < 4.78 is 16.3. The van der Waals surface area contributed by atoms with Gasteiger partial charge in [0, 0.05) is 18.4 Å². The highest BCUT2D eigenvalue weighted by atomic mass is 35.5. The third kappa shape index (κ3) is 4.99. The molecule has 0 radical (unpaired) electrons. The smallest absolute Gasteiger partial charge is 0.247 e. The molecule has 0 saturated heterocycles. The highest BCUT2D eigenvalue weighted by molar-refractivity contribution is 6.32. The fraction of sp³-hybridized carbons (Fsp3) is 0.300. The average Bonchev–Trinajstić information content (AvgIpc) is 3.14. The molecule has 1 N–H and O–H groups in total. The molecule has 1 heterocycles. The van der Waals surface area contributed by atoms with Crippen LogP contribution in [0.2, 0.25) is 5.02 Å². The van der Waals surface area contributed by atoms with E-state index in [0.29, 0.717) is 35.8 Å². The lowest BCUT2D eigenvalue weighted by molar-refractivity contribution is 0.146. The summed E-state index contributed by atoms with van der Waals surface area (Å²) in [6.07, 6.45) is 0. The SMILES string of the molecule is COCCOc1ccc(N[C@@H](C)c2nnc(-c3ccc(C)cc3)o2)cc1Cl. The fourth-order valence-corrected chi connectivity index (χ4v) is 2.71. The number of nitrogens with zero attached hydrogens (tertiary/aromatic N) is 2. The molecule has 1 aromatic heterocycles. The Bertz CT molecular complexity index is 880. The summed E-state index contributed by atoms with van der Waals surface area (Å²) in [5, 5.41) is 12.1. The van der Waals surface area contributed by atoms with Crippen LogP contribution in [-0.2, 0) is 4.74 Å². The van der Waals surface area contributed by atoms with Crippen LogP contribution in [0, 0.1) is 6.92 Å². The van der Waals surface area contributed by atoms with Crippen molar-refractivity contribution in [1.82, 2.24) is 10.2 Å². The van der Waals surface area contributed by atoms with Crippen molar-refractivity contribution in [3.05, 3.63) is 58.9 Å². The summed E-state index contributed by atoms with van der Waals surface area (Å²) in [6.45, 7) is 4.94. The van der Waals surface area contributed by atoms with E-state index in [1.54, 1.807) is 13.2 Å². The van der Waals surface area contributed by atoms with Gasteiger partial charge in [0.1, 0.15) is 18.4 Å². The molecule has 0 bridgehead atoms. The van der Waals surface area contributed by atoms with Gasteiger partial charge in [-0.25, -0.2) is 0 Å². The van der Waals surface area contributed by atoms with Crippen molar-refractivity contribution in [2.45, 2.75) is 19.9 Å². The Morgan fingerprint density at radius 2 is 1.89 bits per heavy atom. The lowest BCUT2D eigenvalue weighted by Crippen LogP contribution is -2.08. The topological polar surface area (TPSA) is 69.4 Å². The average molecular weight is 388 g/mol. The van der Waals surface area contributed by atoms with Crippen molar-refractivity contribution < 1.29 is 13.9 Å². The Morgan fingerprint density at radius 1 is 1.11 bits per heavy atom. The number of methoxy groups -OCH3 is 1. The molecule has 0 fully saturated rings. The second kappa shape index (κ2) is 8.88. The zero-order valence-electron chi connectivity index (χ0n) is 15.5. The molecule has 0 unspecified atom stereocenters. The number of benzene rings is 2. The highest BCUT2D eigenvalue weighted by Gasteiger charge is 2.15. The minimum atomic E-state index is -0.173. The van der Waals surface area contributed by atoms with Gasteiger partial charge in [0.25, 0.3) is 0 Å². The molecule has 6 nitrogen and oxygen atoms in total. The molecule has 1 atom stereocenters. The summed E-state index contributed by atoms with van der Waals surface area (Å²) in [5.41, 5.74) is 2.91. The van der Waals surface area contributed by atoms with Crippen molar-refractivity contribution in [3.8, 4) is 17.2 Å². The Labute approximate surface area is 163 Å². The summed E-state index contributed by atoms with van der Waals surface area (Å²) in [4.78, 5) is 0. The van der Waals surface area contributed by atoms with Crippen LogP contribution < -0.4 is 10.1 Å². The third-order valence-electron chi connectivity index (χ3n) is 3.97. The molecule has 0 saturated carbocycles. The Morgan fingerprint density at radius 3 is 2.59 bits per heavy atom. The van der Waals surface area contributed by atoms with Crippen LogP contribution in [0.15, 0.2) is 46.9 Å². The predicted octanol–water partition coefficient (Wildman–Crippen LogP) is 4.90. The van der Waals surface area contributed by atoms with Crippen LogP contribution in [0.4, 0.5) is 5.69 Å². The molecule has 27 heavy (non-hydrogen) atoms. The highest BCUT2D eigenvalue weighted by Crippen LogP contribution is 2.30. The van der Waals surface area contributed by atoms with Gasteiger partial charge < -0.3 is 19.2 Å². The van der Waals surface area contributed by atoms with E-state index >= 15 is 0 Å². The lowest BCUT2D eigenvalue weighted by atomic mass is 10.1. The molecule has 0 aliphatic heterocycles. The normalized spacial score (nSPS) is 12.0. The number of aromatic nitrogens is 2. The van der Waals surface area contributed by atoms with Crippen LogP contribution in [0.3, 0.4) is 0 Å². The Hall–Kier alpha value is -2.57. The largest absolute Gasteiger partial charge is 0.490 e. The molecular weight excluding hydrogens is 366 g/mol. The first-order chi connectivity index (χ1) is 13.1. The predicted molar refractivity (Wildman–Crippen MR) is 105 cm³/mol. The molecule has 2 aromatic carbocycles. The van der Waals surface area contributed by atoms with E-state index in [9.17, 15) is 0 Å². The maximum atomic E-state index is 6.28. The van der Waals surface area contributed by atoms with Gasteiger partial charge >= 0.3 is 0 Å². The molecule has 7 heteroatoms. The van der Waals surface area contributed by atoms with Gasteiger partial charge in [0.05, 0.1) is 11.6 Å². The van der Waals surface area contributed by atoms with E-state index < -0.39 is 0 Å². The fourth-order valence-electron chi connectivity index (χ4n) is 2.48. The van der Waals surface area contributed by atoms with Crippen molar-refractivity contribution in [2.24, 2.45) is 0 Å². The molecule has 0 aliphatic carbocycles. The Balaban J connectivity index is 1.66. The van der Waals surface area contributed by atoms with E-state index in [-0.39, 0.29) is 6.04 Å². The molecule has 0 amide bonds. The van der Waals surface area contributed by atoms with Crippen LogP contribution in [0.1, 0.15) is 24.4 Å². The second-order valence-electron chi connectivity index (χ2n) is 6.16. The minimum Gasteiger partial charge on any atom is -0.490 e. The van der Waals surface area contributed by atoms with Crippen LogP contribution in [0.5, 0.6) is 5.75 Å². The van der Waals surface area contributed by atoms with Gasteiger partial charge in [-0.15, -0.1) is 10.2 Å². The number of rotatable bonds is 8. The molecule has 0 spiro atoms. The first-order valence-corrected chi connectivity index (χ1v) is 9.03. The van der Waals surface area contributed by atoms with Crippen LogP contribution in [0.25, 0.3) is 11.5 Å². The van der Waals surface area contributed by atoms with E-state index in [0.717, 1.165) is 11.3 Å². The molecular formula is C20H22ClN3O3. The van der Waals surface area contributed by atoms with Gasteiger partial charge in [0.2, 0.25) is 11.8 Å². The van der Waals surface area contributed by atoms with Crippen LogP contribution in [-0.4, -0.2) is 30.5 Å². The van der Waals surface area contributed by atoms with Crippen molar-refractivity contribution in [2.75, 3.05) is 25.6 Å². The number of anilines is 1. The Kier molecular flexibility index (Phi) is 6.32. The zero-order chi connectivity index (χ0) is 19.2. The molecule has 0 aliphatic rings. The summed E-state index contributed by atoms with van der Waals surface area (Å²) in [6, 6.07) is 13.3. The van der Waals surface area contributed by atoms with E-state index in [1.807, 2.05) is 50.2 Å². The second-order valence-corrected chi connectivity index (χ2v) is 6.57. The summed E-state index contributed by atoms with van der Waals surface area (Å²) >= 11 is 6.28. The number of ether oxygens (including phenoxy) is 2. The van der Waals surface area contributed by atoms with Crippen molar-refractivity contribution in [3.63, 3.8) is 0 Å².